The van der Waals surface area contributed by atoms with Crippen molar-refractivity contribution in [1.29, 1.82) is 0 Å². The van der Waals surface area contributed by atoms with Crippen molar-refractivity contribution in [2.24, 2.45) is 0 Å². The summed E-state index contributed by atoms with van der Waals surface area (Å²) in [5, 5.41) is 4.06. The molecule has 0 aromatic heterocycles. The Morgan fingerprint density at radius 1 is 0.771 bits per heavy atom. The Morgan fingerprint density at radius 3 is 1.89 bits per heavy atom. The number of ketones is 1. The van der Waals surface area contributed by atoms with Gasteiger partial charge in [0.2, 0.25) is 5.75 Å². The van der Waals surface area contributed by atoms with E-state index in [-0.39, 0.29) is 5.78 Å². The molecule has 0 fully saturated rings. The first-order valence-electron chi connectivity index (χ1n) is 10.5. The van der Waals surface area contributed by atoms with Gasteiger partial charge in [-0.05, 0) is 59.7 Å². The number of allylic oxidation sites excluding steroid dienone is 1. The van der Waals surface area contributed by atoms with Crippen LogP contribution in [0.15, 0.2) is 60.8 Å². The summed E-state index contributed by atoms with van der Waals surface area (Å²) in [6.07, 6.45) is 6.75. The maximum Gasteiger partial charge on any atom is 0.203 e. The number of benzene rings is 3. The van der Waals surface area contributed by atoms with Gasteiger partial charge in [-0.25, -0.2) is 0 Å². The zero-order chi connectivity index (χ0) is 25.4. The number of halogens is 2. The van der Waals surface area contributed by atoms with Crippen molar-refractivity contribution in [2.75, 3.05) is 33.8 Å². The second kappa shape index (κ2) is 12.2. The highest BCUT2D eigenvalue weighted by molar-refractivity contribution is 6.32. The van der Waals surface area contributed by atoms with Gasteiger partial charge in [-0.2, -0.15) is 0 Å². The standard InChI is InChI=1S/C27H25Cl2NO5/c1-32-24-15-18(16-25(33-2)27(24)35-4)6-5-17-13-21(29)26(34-3)22(14-17)30-12-11-23(31)19-7-9-20(28)10-8-19/h5-16,30H,1-4H3. The molecule has 0 unspecified atom stereocenters. The summed E-state index contributed by atoms with van der Waals surface area (Å²) in [6, 6.07) is 14.0. The molecule has 182 valence electrons. The van der Waals surface area contributed by atoms with E-state index in [1.165, 1.54) is 19.4 Å². The van der Waals surface area contributed by atoms with Gasteiger partial charge in [-0.3, -0.25) is 4.79 Å². The minimum atomic E-state index is -0.169. The van der Waals surface area contributed by atoms with Gasteiger partial charge >= 0.3 is 0 Å². The van der Waals surface area contributed by atoms with Gasteiger partial charge in [0.25, 0.3) is 0 Å². The van der Waals surface area contributed by atoms with Crippen molar-refractivity contribution < 1.29 is 23.7 Å². The Balaban J connectivity index is 1.85. The highest BCUT2D eigenvalue weighted by atomic mass is 35.5. The Hall–Kier alpha value is -3.61. The fourth-order valence-corrected chi connectivity index (χ4v) is 3.76. The van der Waals surface area contributed by atoms with Crippen LogP contribution in [-0.4, -0.2) is 34.2 Å². The molecule has 3 aromatic rings. The van der Waals surface area contributed by atoms with Crippen LogP contribution >= 0.6 is 23.2 Å². The quantitative estimate of drug-likeness (QED) is 0.178. The molecule has 6 nitrogen and oxygen atoms in total. The van der Waals surface area contributed by atoms with Crippen LogP contribution in [-0.2, 0) is 0 Å². The van der Waals surface area contributed by atoms with Gasteiger partial charge < -0.3 is 24.3 Å². The Morgan fingerprint density at radius 2 is 1.34 bits per heavy atom. The van der Waals surface area contributed by atoms with Gasteiger partial charge in [-0.15, -0.1) is 0 Å². The molecule has 0 bridgehead atoms. The maximum absolute atomic E-state index is 12.4. The van der Waals surface area contributed by atoms with Gasteiger partial charge in [0.1, 0.15) is 0 Å². The molecule has 0 atom stereocenters. The van der Waals surface area contributed by atoms with Crippen LogP contribution in [0.3, 0.4) is 0 Å². The van der Waals surface area contributed by atoms with Crippen LogP contribution in [0.2, 0.25) is 10.0 Å². The highest BCUT2D eigenvalue weighted by Gasteiger charge is 2.13. The van der Waals surface area contributed by atoms with E-state index in [0.29, 0.717) is 44.3 Å². The SMILES string of the molecule is COc1cc(C=Cc2cc(Cl)c(OC)c(NC=CC(=O)c3ccc(Cl)cc3)c2)cc(OC)c1OC. The van der Waals surface area contributed by atoms with Crippen LogP contribution in [0, 0.1) is 0 Å². The lowest BCUT2D eigenvalue weighted by molar-refractivity contribution is 0.104. The first kappa shape index (κ1) is 26.0. The Bertz CT molecular complexity index is 1230. The minimum Gasteiger partial charge on any atom is -0.493 e. The summed E-state index contributed by atoms with van der Waals surface area (Å²) in [7, 11) is 6.22. The smallest absolute Gasteiger partial charge is 0.203 e. The Labute approximate surface area is 214 Å². The molecule has 0 heterocycles. The molecule has 8 heteroatoms. The van der Waals surface area contributed by atoms with E-state index in [4.69, 9.17) is 42.1 Å². The lowest BCUT2D eigenvalue weighted by Crippen LogP contribution is -1.98. The molecule has 1 N–H and O–H groups in total. The van der Waals surface area contributed by atoms with E-state index >= 15 is 0 Å². The molecule has 0 aliphatic heterocycles. The monoisotopic (exact) mass is 513 g/mol. The average molecular weight is 514 g/mol. The first-order chi connectivity index (χ1) is 16.9. The molecule has 0 saturated carbocycles. The number of carbonyl (C=O) groups excluding carboxylic acids is 1. The van der Waals surface area contributed by atoms with Gasteiger partial charge in [0, 0.05) is 22.9 Å². The predicted octanol–water partition coefficient (Wildman–Crippen LogP) is 7.01. The fourth-order valence-electron chi connectivity index (χ4n) is 3.33. The van der Waals surface area contributed by atoms with Gasteiger partial charge in [0.15, 0.2) is 23.0 Å². The maximum atomic E-state index is 12.4. The average Bonchev–Trinajstić information content (AvgIpc) is 2.86. The van der Waals surface area contributed by atoms with Gasteiger partial charge in [0.05, 0.1) is 39.1 Å². The molecule has 0 saturated heterocycles. The second-order valence-corrected chi connectivity index (χ2v) is 8.07. The second-order valence-electron chi connectivity index (χ2n) is 7.22. The third-order valence-corrected chi connectivity index (χ3v) is 5.56. The predicted molar refractivity (Wildman–Crippen MR) is 142 cm³/mol. The van der Waals surface area contributed by atoms with Crippen molar-refractivity contribution in [3.05, 3.63) is 87.5 Å². The molecule has 35 heavy (non-hydrogen) atoms. The Kier molecular flexibility index (Phi) is 9.06. The molecule has 0 radical (unpaired) electrons. The minimum absolute atomic E-state index is 0.169. The van der Waals surface area contributed by atoms with Crippen LogP contribution < -0.4 is 24.3 Å². The zero-order valence-electron chi connectivity index (χ0n) is 19.7. The molecular formula is C27H25Cl2NO5. The summed E-state index contributed by atoms with van der Waals surface area (Å²) < 4.78 is 21.6. The van der Waals surface area contributed by atoms with Crippen molar-refractivity contribution >= 4 is 46.8 Å². The summed E-state index contributed by atoms with van der Waals surface area (Å²) in [5.74, 6) is 1.91. The third kappa shape index (κ3) is 6.50. The number of anilines is 1. The largest absolute Gasteiger partial charge is 0.493 e. The summed E-state index contributed by atoms with van der Waals surface area (Å²) in [5.41, 5.74) is 2.78. The van der Waals surface area contributed by atoms with E-state index < -0.39 is 0 Å². The highest BCUT2D eigenvalue weighted by Crippen LogP contribution is 2.39. The summed E-state index contributed by atoms with van der Waals surface area (Å²) in [6.45, 7) is 0. The lowest BCUT2D eigenvalue weighted by Gasteiger charge is -2.13. The van der Waals surface area contributed by atoms with E-state index in [1.807, 2.05) is 30.4 Å². The molecule has 0 aliphatic carbocycles. The zero-order valence-corrected chi connectivity index (χ0v) is 21.2. The first-order valence-corrected chi connectivity index (χ1v) is 11.2. The molecule has 3 aromatic carbocycles. The van der Waals surface area contributed by atoms with Gasteiger partial charge in [-0.1, -0.05) is 35.4 Å². The van der Waals surface area contributed by atoms with Crippen molar-refractivity contribution in [1.82, 2.24) is 0 Å². The van der Waals surface area contributed by atoms with Crippen molar-refractivity contribution in [3.63, 3.8) is 0 Å². The topological polar surface area (TPSA) is 66.0 Å². The van der Waals surface area contributed by atoms with E-state index in [0.717, 1.165) is 11.1 Å². The van der Waals surface area contributed by atoms with Crippen LogP contribution in [0.25, 0.3) is 12.2 Å². The van der Waals surface area contributed by atoms with Crippen LogP contribution in [0.4, 0.5) is 5.69 Å². The van der Waals surface area contributed by atoms with Crippen LogP contribution in [0.5, 0.6) is 23.0 Å². The van der Waals surface area contributed by atoms with E-state index in [9.17, 15) is 4.79 Å². The number of hydrogen-bond donors (Lipinski definition) is 1. The van der Waals surface area contributed by atoms with E-state index in [2.05, 4.69) is 5.32 Å². The third-order valence-electron chi connectivity index (χ3n) is 5.03. The molecular weight excluding hydrogens is 489 g/mol. The summed E-state index contributed by atoms with van der Waals surface area (Å²) in [4.78, 5) is 12.4. The van der Waals surface area contributed by atoms with Crippen molar-refractivity contribution in [2.45, 2.75) is 0 Å². The number of ether oxygens (including phenoxy) is 4. The number of rotatable bonds is 10. The molecule has 0 amide bonds. The molecule has 3 rings (SSSR count). The number of carbonyl (C=O) groups is 1. The number of nitrogens with one attached hydrogen (secondary N) is 1. The normalized spacial score (nSPS) is 11.0. The fraction of sp³-hybridized carbons (Fsp3) is 0.148. The lowest BCUT2D eigenvalue weighted by atomic mass is 10.1. The summed E-state index contributed by atoms with van der Waals surface area (Å²) >= 11 is 12.3. The van der Waals surface area contributed by atoms with E-state index in [1.54, 1.807) is 51.7 Å². The van der Waals surface area contributed by atoms with Crippen LogP contribution in [0.1, 0.15) is 21.5 Å². The molecule has 0 aliphatic rings. The molecule has 0 spiro atoms. The number of hydrogen-bond acceptors (Lipinski definition) is 6. The number of methoxy groups -OCH3 is 4. The van der Waals surface area contributed by atoms with Crippen molar-refractivity contribution in [3.8, 4) is 23.0 Å².